The Balaban J connectivity index is 1.61. The van der Waals surface area contributed by atoms with E-state index in [0.717, 1.165) is 24.6 Å². The first-order valence-corrected chi connectivity index (χ1v) is 7.40. The highest BCUT2D eigenvalue weighted by molar-refractivity contribution is 5.43. The number of hydrogen-bond donors (Lipinski definition) is 1. The van der Waals surface area contributed by atoms with E-state index in [1.165, 1.54) is 11.1 Å². The highest BCUT2D eigenvalue weighted by Crippen LogP contribution is 2.30. The van der Waals surface area contributed by atoms with Gasteiger partial charge < -0.3 is 14.8 Å². The number of ether oxygens (including phenoxy) is 2. The minimum atomic E-state index is 0.263. The summed E-state index contributed by atoms with van der Waals surface area (Å²) in [5, 5.41) is 7.82. The zero-order valence-corrected chi connectivity index (χ0v) is 12.5. The third-order valence-electron chi connectivity index (χ3n) is 3.70. The molecule has 1 aromatic heterocycles. The Morgan fingerprint density at radius 1 is 1.29 bits per heavy atom. The molecule has 1 aliphatic rings. The predicted molar refractivity (Wildman–Crippen MR) is 80.6 cm³/mol. The molecule has 1 atom stereocenters. The standard InChI is InChI=1S/C16H21N3O2/c1-3-19-11-14(10-18-19)12(2)17-9-13-4-5-15-16(8-13)21-7-6-20-15/h4-5,8,10-12,17H,3,6-7,9H2,1-2H3. The number of nitrogens with zero attached hydrogens (tertiary/aromatic N) is 2. The average molecular weight is 287 g/mol. The maximum Gasteiger partial charge on any atom is 0.161 e. The molecule has 0 amide bonds. The summed E-state index contributed by atoms with van der Waals surface area (Å²) >= 11 is 0. The number of hydrogen-bond acceptors (Lipinski definition) is 4. The highest BCUT2D eigenvalue weighted by Gasteiger charge is 2.12. The lowest BCUT2D eigenvalue weighted by Gasteiger charge is -2.19. The minimum Gasteiger partial charge on any atom is -0.486 e. The summed E-state index contributed by atoms with van der Waals surface area (Å²) in [5.41, 5.74) is 2.39. The van der Waals surface area contributed by atoms with Crippen LogP contribution in [0, 0.1) is 0 Å². The van der Waals surface area contributed by atoms with Gasteiger partial charge in [-0.1, -0.05) is 6.07 Å². The van der Waals surface area contributed by atoms with E-state index in [1.54, 1.807) is 0 Å². The molecule has 21 heavy (non-hydrogen) atoms. The van der Waals surface area contributed by atoms with Crippen molar-refractivity contribution in [2.45, 2.75) is 33.0 Å². The van der Waals surface area contributed by atoms with Crippen molar-refractivity contribution in [3.63, 3.8) is 0 Å². The summed E-state index contributed by atoms with van der Waals surface area (Å²) in [6.45, 7) is 7.17. The summed E-state index contributed by atoms with van der Waals surface area (Å²) in [6, 6.07) is 6.36. The van der Waals surface area contributed by atoms with E-state index in [9.17, 15) is 0 Å². The lowest BCUT2D eigenvalue weighted by Crippen LogP contribution is -2.19. The van der Waals surface area contributed by atoms with E-state index >= 15 is 0 Å². The van der Waals surface area contributed by atoms with Gasteiger partial charge in [0.2, 0.25) is 0 Å². The van der Waals surface area contributed by atoms with Crippen LogP contribution in [0.3, 0.4) is 0 Å². The van der Waals surface area contributed by atoms with Gasteiger partial charge in [-0.3, -0.25) is 4.68 Å². The second kappa shape index (κ2) is 6.18. The monoisotopic (exact) mass is 287 g/mol. The predicted octanol–water partition coefficient (Wildman–Crippen LogP) is 2.53. The molecule has 0 saturated heterocycles. The molecule has 0 aliphatic carbocycles. The number of rotatable bonds is 5. The Morgan fingerprint density at radius 2 is 2.10 bits per heavy atom. The fourth-order valence-corrected chi connectivity index (χ4v) is 2.36. The topological polar surface area (TPSA) is 48.3 Å². The normalized spacial score (nSPS) is 15.0. The van der Waals surface area contributed by atoms with Crippen LogP contribution in [0.15, 0.2) is 30.6 Å². The van der Waals surface area contributed by atoms with E-state index in [1.807, 2.05) is 23.0 Å². The number of aryl methyl sites for hydroxylation is 1. The van der Waals surface area contributed by atoms with Gasteiger partial charge in [-0.25, -0.2) is 0 Å². The van der Waals surface area contributed by atoms with Crippen LogP contribution in [0.4, 0.5) is 0 Å². The maximum absolute atomic E-state index is 5.61. The lowest BCUT2D eigenvalue weighted by atomic mass is 10.1. The lowest BCUT2D eigenvalue weighted by molar-refractivity contribution is 0.171. The molecule has 2 aromatic rings. The highest BCUT2D eigenvalue weighted by atomic mass is 16.6. The number of nitrogens with one attached hydrogen (secondary N) is 1. The van der Waals surface area contributed by atoms with Crippen LogP contribution in [-0.4, -0.2) is 23.0 Å². The van der Waals surface area contributed by atoms with Gasteiger partial charge in [0.25, 0.3) is 0 Å². The molecule has 0 spiro atoms. The molecule has 2 heterocycles. The third-order valence-corrected chi connectivity index (χ3v) is 3.70. The Morgan fingerprint density at radius 3 is 2.86 bits per heavy atom. The molecule has 1 aromatic carbocycles. The molecule has 1 N–H and O–H groups in total. The van der Waals surface area contributed by atoms with Crippen molar-refractivity contribution in [2.75, 3.05) is 13.2 Å². The Bertz CT molecular complexity index is 609. The summed E-state index contributed by atoms with van der Waals surface area (Å²) in [6.07, 6.45) is 4.01. The molecule has 5 heteroatoms. The first kappa shape index (κ1) is 13.9. The molecule has 0 bridgehead atoms. The van der Waals surface area contributed by atoms with Gasteiger partial charge in [-0.15, -0.1) is 0 Å². The van der Waals surface area contributed by atoms with E-state index < -0.39 is 0 Å². The largest absolute Gasteiger partial charge is 0.486 e. The molecular formula is C16H21N3O2. The van der Waals surface area contributed by atoms with E-state index in [2.05, 4.69) is 36.5 Å². The van der Waals surface area contributed by atoms with Crippen molar-refractivity contribution >= 4 is 0 Å². The SMILES string of the molecule is CCn1cc(C(C)NCc2ccc3c(c2)OCCO3)cn1. The summed E-state index contributed by atoms with van der Waals surface area (Å²) in [7, 11) is 0. The molecular weight excluding hydrogens is 266 g/mol. The first-order valence-electron chi connectivity index (χ1n) is 7.40. The quantitative estimate of drug-likeness (QED) is 0.918. The first-order chi connectivity index (χ1) is 10.3. The van der Waals surface area contributed by atoms with Gasteiger partial charge in [-0.05, 0) is 31.5 Å². The van der Waals surface area contributed by atoms with Crippen LogP contribution in [0.2, 0.25) is 0 Å². The number of benzene rings is 1. The average Bonchev–Trinajstić information content (AvgIpc) is 3.01. The summed E-state index contributed by atoms with van der Waals surface area (Å²) < 4.78 is 13.1. The van der Waals surface area contributed by atoms with Crippen LogP contribution < -0.4 is 14.8 Å². The zero-order chi connectivity index (χ0) is 14.7. The van der Waals surface area contributed by atoms with Crippen molar-refractivity contribution in [3.8, 4) is 11.5 Å². The molecule has 1 aliphatic heterocycles. The van der Waals surface area contributed by atoms with Gasteiger partial charge in [0.15, 0.2) is 11.5 Å². The van der Waals surface area contributed by atoms with Gasteiger partial charge >= 0.3 is 0 Å². The van der Waals surface area contributed by atoms with Gasteiger partial charge in [0, 0.05) is 30.9 Å². The van der Waals surface area contributed by atoms with Crippen molar-refractivity contribution in [1.82, 2.24) is 15.1 Å². The fourth-order valence-electron chi connectivity index (χ4n) is 2.36. The Hall–Kier alpha value is -2.01. The van der Waals surface area contributed by atoms with Crippen molar-refractivity contribution in [3.05, 3.63) is 41.7 Å². The fraction of sp³-hybridized carbons (Fsp3) is 0.438. The molecule has 1 unspecified atom stereocenters. The van der Waals surface area contributed by atoms with Crippen LogP contribution in [0.25, 0.3) is 0 Å². The van der Waals surface area contributed by atoms with Gasteiger partial charge in [-0.2, -0.15) is 5.10 Å². The van der Waals surface area contributed by atoms with Crippen LogP contribution >= 0.6 is 0 Å². The van der Waals surface area contributed by atoms with Gasteiger partial charge in [0.05, 0.1) is 6.20 Å². The maximum atomic E-state index is 5.61. The number of aromatic nitrogens is 2. The summed E-state index contributed by atoms with van der Waals surface area (Å²) in [4.78, 5) is 0. The molecule has 5 nitrogen and oxygen atoms in total. The van der Waals surface area contributed by atoms with E-state index in [-0.39, 0.29) is 6.04 Å². The molecule has 0 fully saturated rings. The summed E-state index contributed by atoms with van der Waals surface area (Å²) in [5.74, 6) is 1.68. The molecule has 3 rings (SSSR count). The molecule has 0 radical (unpaired) electrons. The number of fused-ring (bicyclic) bond motifs is 1. The van der Waals surface area contributed by atoms with Crippen molar-refractivity contribution in [2.24, 2.45) is 0 Å². The van der Waals surface area contributed by atoms with Crippen LogP contribution in [0.1, 0.15) is 31.0 Å². The van der Waals surface area contributed by atoms with E-state index in [0.29, 0.717) is 13.2 Å². The van der Waals surface area contributed by atoms with E-state index in [4.69, 9.17) is 9.47 Å². The zero-order valence-electron chi connectivity index (χ0n) is 12.5. The van der Waals surface area contributed by atoms with Crippen molar-refractivity contribution in [1.29, 1.82) is 0 Å². The van der Waals surface area contributed by atoms with Crippen LogP contribution in [0.5, 0.6) is 11.5 Å². The third kappa shape index (κ3) is 3.19. The van der Waals surface area contributed by atoms with Crippen LogP contribution in [-0.2, 0) is 13.1 Å². The Labute approximate surface area is 124 Å². The Kier molecular flexibility index (Phi) is 4.10. The second-order valence-corrected chi connectivity index (χ2v) is 5.21. The van der Waals surface area contributed by atoms with Crippen molar-refractivity contribution < 1.29 is 9.47 Å². The second-order valence-electron chi connectivity index (χ2n) is 5.21. The molecule has 0 saturated carbocycles. The van der Waals surface area contributed by atoms with Gasteiger partial charge in [0.1, 0.15) is 13.2 Å². The smallest absolute Gasteiger partial charge is 0.161 e. The minimum absolute atomic E-state index is 0.263. The molecule has 112 valence electrons.